The fraction of sp³-hybridized carbons (Fsp3) is 0.455. The molecule has 1 fully saturated rings. The molecule has 1 saturated heterocycles. The van der Waals surface area contributed by atoms with Crippen LogP contribution in [0.4, 0.5) is 0 Å². The summed E-state index contributed by atoms with van der Waals surface area (Å²) in [7, 11) is 0. The number of benzene rings is 1. The molecule has 0 amide bonds. The van der Waals surface area contributed by atoms with E-state index in [9.17, 15) is 0 Å². The normalized spacial score (nSPS) is 22.2. The van der Waals surface area contributed by atoms with Crippen LogP contribution in [-0.2, 0) is 11.2 Å². The smallest absolute Gasteiger partial charge is 0.0623 e. The van der Waals surface area contributed by atoms with Crippen LogP contribution in [0.15, 0.2) is 28.7 Å². The van der Waals surface area contributed by atoms with Crippen LogP contribution >= 0.6 is 15.9 Å². The lowest BCUT2D eigenvalue weighted by Gasteiger charge is -2.23. The first kappa shape index (κ1) is 10.1. The molecule has 0 bridgehead atoms. The zero-order valence-electron chi connectivity index (χ0n) is 8.00. The SMILES string of the molecule is Brc1ccc(CC2COCCN2)cc1. The topological polar surface area (TPSA) is 21.3 Å². The van der Waals surface area contributed by atoms with E-state index in [1.807, 2.05) is 0 Å². The molecular formula is C11H14BrNO. The summed E-state index contributed by atoms with van der Waals surface area (Å²) in [6.45, 7) is 2.65. The van der Waals surface area contributed by atoms with Gasteiger partial charge in [-0.2, -0.15) is 0 Å². The molecule has 3 heteroatoms. The third-order valence-electron chi connectivity index (χ3n) is 2.39. The van der Waals surface area contributed by atoms with Crippen LogP contribution in [0, 0.1) is 0 Å². The minimum atomic E-state index is 0.477. The van der Waals surface area contributed by atoms with Crippen LogP contribution < -0.4 is 5.32 Å². The summed E-state index contributed by atoms with van der Waals surface area (Å²) in [6.07, 6.45) is 1.05. The van der Waals surface area contributed by atoms with E-state index in [-0.39, 0.29) is 0 Å². The summed E-state index contributed by atoms with van der Waals surface area (Å²) >= 11 is 3.43. The number of halogens is 1. The molecule has 2 rings (SSSR count). The highest BCUT2D eigenvalue weighted by atomic mass is 79.9. The van der Waals surface area contributed by atoms with Crippen LogP contribution in [0.1, 0.15) is 5.56 Å². The van der Waals surface area contributed by atoms with Crippen molar-refractivity contribution in [1.82, 2.24) is 5.32 Å². The van der Waals surface area contributed by atoms with E-state index in [1.54, 1.807) is 0 Å². The van der Waals surface area contributed by atoms with Crippen LogP contribution in [0.2, 0.25) is 0 Å². The molecule has 0 saturated carbocycles. The van der Waals surface area contributed by atoms with E-state index in [0.717, 1.165) is 30.7 Å². The quantitative estimate of drug-likeness (QED) is 0.873. The fourth-order valence-corrected chi connectivity index (χ4v) is 1.92. The Labute approximate surface area is 92.8 Å². The maximum atomic E-state index is 5.41. The highest BCUT2D eigenvalue weighted by molar-refractivity contribution is 9.10. The van der Waals surface area contributed by atoms with Gasteiger partial charge in [0.2, 0.25) is 0 Å². The van der Waals surface area contributed by atoms with Gasteiger partial charge in [-0.15, -0.1) is 0 Å². The summed E-state index contributed by atoms with van der Waals surface area (Å²) in [5.74, 6) is 0. The predicted molar refractivity (Wildman–Crippen MR) is 60.5 cm³/mol. The van der Waals surface area contributed by atoms with Gasteiger partial charge in [0.1, 0.15) is 0 Å². The first-order valence-corrected chi connectivity index (χ1v) is 5.69. The Morgan fingerprint density at radius 1 is 1.36 bits per heavy atom. The second-order valence-corrected chi connectivity index (χ2v) is 4.47. The van der Waals surface area contributed by atoms with Crippen LogP contribution in [0.25, 0.3) is 0 Å². The number of morpholine rings is 1. The van der Waals surface area contributed by atoms with E-state index >= 15 is 0 Å². The van der Waals surface area contributed by atoms with Gasteiger partial charge in [0.25, 0.3) is 0 Å². The zero-order chi connectivity index (χ0) is 9.80. The predicted octanol–water partition coefficient (Wildman–Crippen LogP) is 1.98. The molecule has 76 valence electrons. The van der Waals surface area contributed by atoms with Gasteiger partial charge in [-0.3, -0.25) is 0 Å². The average Bonchev–Trinajstić information content (AvgIpc) is 2.23. The number of hydrogen-bond acceptors (Lipinski definition) is 2. The summed E-state index contributed by atoms with van der Waals surface area (Å²) in [5.41, 5.74) is 1.36. The lowest BCUT2D eigenvalue weighted by Crippen LogP contribution is -2.42. The highest BCUT2D eigenvalue weighted by Crippen LogP contribution is 2.12. The Balaban J connectivity index is 1.92. The van der Waals surface area contributed by atoms with Crippen molar-refractivity contribution in [1.29, 1.82) is 0 Å². The monoisotopic (exact) mass is 255 g/mol. The second-order valence-electron chi connectivity index (χ2n) is 3.56. The maximum Gasteiger partial charge on any atom is 0.0623 e. The van der Waals surface area contributed by atoms with Crippen molar-refractivity contribution in [2.75, 3.05) is 19.8 Å². The van der Waals surface area contributed by atoms with Crippen molar-refractivity contribution in [3.05, 3.63) is 34.3 Å². The molecule has 1 aliphatic rings. The fourth-order valence-electron chi connectivity index (χ4n) is 1.66. The molecule has 1 N–H and O–H groups in total. The molecule has 1 aromatic carbocycles. The second kappa shape index (κ2) is 4.91. The van der Waals surface area contributed by atoms with Crippen molar-refractivity contribution in [2.24, 2.45) is 0 Å². The summed E-state index contributed by atoms with van der Waals surface area (Å²) in [4.78, 5) is 0. The van der Waals surface area contributed by atoms with Crippen molar-refractivity contribution in [3.8, 4) is 0 Å². The van der Waals surface area contributed by atoms with E-state index in [2.05, 4.69) is 45.5 Å². The Morgan fingerprint density at radius 3 is 2.79 bits per heavy atom. The molecule has 1 unspecified atom stereocenters. The third kappa shape index (κ3) is 2.80. The first-order valence-electron chi connectivity index (χ1n) is 4.90. The van der Waals surface area contributed by atoms with E-state index in [1.165, 1.54) is 5.56 Å². The number of ether oxygens (including phenoxy) is 1. The lowest BCUT2D eigenvalue weighted by molar-refractivity contribution is 0.0770. The minimum Gasteiger partial charge on any atom is -0.379 e. The number of hydrogen-bond donors (Lipinski definition) is 1. The third-order valence-corrected chi connectivity index (χ3v) is 2.92. The molecule has 0 spiro atoms. The van der Waals surface area contributed by atoms with Gasteiger partial charge >= 0.3 is 0 Å². The molecule has 0 aromatic heterocycles. The first-order chi connectivity index (χ1) is 6.84. The van der Waals surface area contributed by atoms with E-state index in [4.69, 9.17) is 4.74 Å². The van der Waals surface area contributed by atoms with Crippen molar-refractivity contribution in [3.63, 3.8) is 0 Å². The average molecular weight is 256 g/mol. The van der Waals surface area contributed by atoms with Crippen molar-refractivity contribution < 1.29 is 4.74 Å². The molecule has 1 atom stereocenters. The van der Waals surface area contributed by atoms with Crippen molar-refractivity contribution >= 4 is 15.9 Å². The molecule has 1 heterocycles. The Hall–Kier alpha value is -0.380. The molecule has 0 aliphatic carbocycles. The Bertz CT molecular complexity index is 280. The van der Waals surface area contributed by atoms with Gasteiger partial charge in [-0.05, 0) is 24.1 Å². The number of nitrogens with one attached hydrogen (secondary N) is 1. The molecular weight excluding hydrogens is 242 g/mol. The van der Waals surface area contributed by atoms with Gasteiger partial charge in [0.05, 0.1) is 13.2 Å². The van der Waals surface area contributed by atoms with Gasteiger partial charge in [0.15, 0.2) is 0 Å². The van der Waals surface area contributed by atoms with Crippen LogP contribution in [-0.4, -0.2) is 25.8 Å². The Morgan fingerprint density at radius 2 is 2.14 bits per heavy atom. The van der Waals surface area contributed by atoms with Crippen LogP contribution in [0.3, 0.4) is 0 Å². The molecule has 14 heavy (non-hydrogen) atoms. The number of rotatable bonds is 2. The summed E-state index contributed by atoms with van der Waals surface area (Å²) in [6, 6.07) is 8.95. The van der Waals surface area contributed by atoms with Gasteiger partial charge in [-0.25, -0.2) is 0 Å². The van der Waals surface area contributed by atoms with E-state index < -0.39 is 0 Å². The molecule has 2 nitrogen and oxygen atoms in total. The van der Waals surface area contributed by atoms with Gasteiger partial charge in [-0.1, -0.05) is 28.1 Å². The minimum absolute atomic E-state index is 0.477. The lowest BCUT2D eigenvalue weighted by atomic mass is 10.1. The Kier molecular flexibility index (Phi) is 3.56. The van der Waals surface area contributed by atoms with Gasteiger partial charge in [0, 0.05) is 17.1 Å². The summed E-state index contributed by atoms with van der Waals surface area (Å²) < 4.78 is 6.54. The standard InChI is InChI=1S/C11H14BrNO/c12-10-3-1-9(2-4-10)7-11-8-14-6-5-13-11/h1-4,11,13H,5-8H2. The van der Waals surface area contributed by atoms with Crippen LogP contribution in [0.5, 0.6) is 0 Å². The molecule has 1 aliphatic heterocycles. The largest absolute Gasteiger partial charge is 0.379 e. The summed E-state index contributed by atoms with van der Waals surface area (Å²) in [5, 5.41) is 3.45. The maximum absolute atomic E-state index is 5.41. The highest BCUT2D eigenvalue weighted by Gasteiger charge is 2.12. The zero-order valence-corrected chi connectivity index (χ0v) is 9.59. The van der Waals surface area contributed by atoms with E-state index in [0.29, 0.717) is 6.04 Å². The van der Waals surface area contributed by atoms with Crippen molar-refractivity contribution in [2.45, 2.75) is 12.5 Å². The molecule has 0 radical (unpaired) electrons. The van der Waals surface area contributed by atoms with Gasteiger partial charge < -0.3 is 10.1 Å². The molecule has 1 aromatic rings.